The molecule has 0 fully saturated rings. The first-order valence-electron chi connectivity index (χ1n) is 4.93. The third-order valence-electron chi connectivity index (χ3n) is 2.23. The van der Waals surface area contributed by atoms with Crippen molar-refractivity contribution in [1.29, 1.82) is 0 Å². The van der Waals surface area contributed by atoms with Crippen LogP contribution in [0.4, 0.5) is 0 Å². The van der Waals surface area contributed by atoms with Crippen LogP contribution in [0.15, 0.2) is 45.5 Å². The summed E-state index contributed by atoms with van der Waals surface area (Å²) < 4.78 is 6.14. The van der Waals surface area contributed by atoms with E-state index in [0.717, 1.165) is 27.4 Å². The Bertz CT molecular complexity index is 456. The predicted octanol–water partition coefficient (Wildman–Crippen LogP) is 3.99. The van der Waals surface area contributed by atoms with Gasteiger partial charge >= 0.3 is 0 Å². The molecule has 0 unspecified atom stereocenters. The minimum Gasteiger partial charge on any atom is -0.468 e. The van der Waals surface area contributed by atoms with Crippen LogP contribution in [0.5, 0.6) is 0 Å². The number of benzene rings is 1. The van der Waals surface area contributed by atoms with Crippen molar-refractivity contribution >= 4 is 27.5 Å². The third kappa shape index (κ3) is 2.88. The Morgan fingerprint density at radius 2 is 2.06 bits per heavy atom. The molecule has 0 aliphatic carbocycles. The lowest BCUT2D eigenvalue weighted by Gasteiger charge is -2.06. The highest BCUT2D eigenvalue weighted by Gasteiger charge is 2.03. The van der Waals surface area contributed by atoms with Crippen LogP contribution in [0.25, 0.3) is 0 Å². The molecule has 0 aliphatic heterocycles. The van der Waals surface area contributed by atoms with Gasteiger partial charge in [0, 0.05) is 11.0 Å². The van der Waals surface area contributed by atoms with E-state index in [9.17, 15) is 0 Å². The van der Waals surface area contributed by atoms with Crippen LogP contribution in [0.2, 0.25) is 5.02 Å². The molecule has 2 aromatic rings. The van der Waals surface area contributed by atoms with Crippen LogP contribution < -0.4 is 5.32 Å². The van der Waals surface area contributed by atoms with Crippen LogP contribution in [-0.4, -0.2) is 0 Å². The lowest BCUT2D eigenvalue weighted by molar-refractivity contribution is 0.483. The lowest BCUT2D eigenvalue weighted by Crippen LogP contribution is -2.12. The average molecular weight is 301 g/mol. The van der Waals surface area contributed by atoms with Gasteiger partial charge in [-0.15, -0.1) is 0 Å². The van der Waals surface area contributed by atoms with Crippen molar-refractivity contribution in [2.24, 2.45) is 0 Å². The van der Waals surface area contributed by atoms with Crippen LogP contribution in [0.3, 0.4) is 0 Å². The Labute approximate surface area is 108 Å². The quantitative estimate of drug-likeness (QED) is 0.924. The molecule has 1 N–H and O–H groups in total. The first-order chi connectivity index (χ1) is 7.77. The van der Waals surface area contributed by atoms with E-state index in [0.29, 0.717) is 6.54 Å². The third-order valence-corrected chi connectivity index (χ3v) is 3.56. The zero-order valence-electron chi connectivity index (χ0n) is 8.54. The van der Waals surface area contributed by atoms with Gasteiger partial charge in [0.15, 0.2) is 0 Å². The van der Waals surface area contributed by atoms with Crippen LogP contribution >= 0.6 is 27.5 Å². The van der Waals surface area contributed by atoms with E-state index < -0.39 is 0 Å². The maximum absolute atomic E-state index is 6.14. The van der Waals surface area contributed by atoms with Gasteiger partial charge in [0.25, 0.3) is 0 Å². The molecule has 2 rings (SSSR count). The number of hydrogen-bond acceptors (Lipinski definition) is 2. The molecule has 0 spiro atoms. The van der Waals surface area contributed by atoms with Crippen molar-refractivity contribution in [2.45, 2.75) is 13.1 Å². The number of nitrogens with one attached hydrogen (secondary N) is 1. The van der Waals surface area contributed by atoms with E-state index >= 15 is 0 Å². The summed E-state index contributed by atoms with van der Waals surface area (Å²) in [6.45, 7) is 1.43. The van der Waals surface area contributed by atoms with E-state index in [1.807, 2.05) is 30.3 Å². The Hall–Kier alpha value is -0.770. The van der Waals surface area contributed by atoms with Crippen molar-refractivity contribution in [3.8, 4) is 0 Å². The monoisotopic (exact) mass is 299 g/mol. The molecule has 1 aromatic heterocycles. The van der Waals surface area contributed by atoms with Crippen molar-refractivity contribution in [3.05, 3.63) is 57.4 Å². The van der Waals surface area contributed by atoms with Gasteiger partial charge in [0.2, 0.25) is 0 Å². The summed E-state index contributed by atoms with van der Waals surface area (Å²) in [5.74, 6) is 0.922. The van der Waals surface area contributed by atoms with Gasteiger partial charge in [0.1, 0.15) is 5.76 Å². The van der Waals surface area contributed by atoms with Crippen LogP contribution in [0, 0.1) is 0 Å². The second kappa shape index (κ2) is 5.53. The topological polar surface area (TPSA) is 25.2 Å². The largest absolute Gasteiger partial charge is 0.468 e. The molecule has 16 heavy (non-hydrogen) atoms. The summed E-state index contributed by atoms with van der Waals surface area (Å²) in [5.41, 5.74) is 1.07. The van der Waals surface area contributed by atoms with E-state index in [4.69, 9.17) is 16.0 Å². The second-order valence-electron chi connectivity index (χ2n) is 3.40. The number of rotatable bonds is 4. The highest BCUT2D eigenvalue weighted by Crippen LogP contribution is 2.25. The molecule has 0 amide bonds. The summed E-state index contributed by atoms with van der Waals surface area (Å²) in [6.07, 6.45) is 1.67. The first-order valence-corrected chi connectivity index (χ1v) is 6.10. The van der Waals surface area contributed by atoms with E-state index in [-0.39, 0.29) is 0 Å². The van der Waals surface area contributed by atoms with Gasteiger partial charge in [-0.05, 0) is 39.7 Å². The van der Waals surface area contributed by atoms with Gasteiger partial charge in [-0.25, -0.2) is 0 Å². The molecule has 0 bridgehead atoms. The maximum Gasteiger partial charge on any atom is 0.117 e. The van der Waals surface area contributed by atoms with Gasteiger partial charge in [0.05, 0.1) is 17.8 Å². The smallest absolute Gasteiger partial charge is 0.117 e. The zero-order chi connectivity index (χ0) is 11.4. The molecule has 0 radical (unpaired) electrons. The molecule has 0 atom stereocenters. The predicted molar refractivity (Wildman–Crippen MR) is 68.4 cm³/mol. The molecule has 0 saturated heterocycles. The van der Waals surface area contributed by atoms with Crippen molar-refractivity contribution in [2.75, 3.05) is 0 Å². The minimum absolute atomic E-state index is 0.704. The summed E-state index contributed by atoms with van der Waals surface area (Å²) in [6, 6.07) is 9.72. The summed E-state index contributed by atoms with van der Waals surface area (Å²) in [7, 11) is 0. The highest BCUT2D eigenvalue weighted by molar-refractivity contribution is 9.10. The standard InChI is InChI=1S/C12H11BrClNO/c13-11-5-1-3-9(12(11)14)7-15-8-10-4-2-6-16-10/h1-6,15H,7-8H2. The molecule has 0 saturated carbocycles. The van der Waals surface area contributed by atoms with Crippen LogP contribution in [0.1, 0.15) is 11.3 Å². The van der Waals surface area contributed by atoms with E-state index in [1.54, 1.807) is 6.26 Å². The Morgan fingerprint density at radius 1 is 1.19 bits per heavy atom. The summed E-state index contributed by atoms with van der Waals surface area (Å²) >= 11 is 9.54. The lowest BCUT2D eigenvalue weighted by atomic mass is 10.2. The molecule has 2 nitrogen and oxygen atoms in total. The Kier molecular flexibility index (Phi) is 4.04. The normalized spacial score (nSPS) is 10.6. The molecule has 1 heterocycles. The van der Waals surface area contributed by atoms with Gasteiger partial charge < -0.3 is 9.73 Å². The average Bonchev–Trinajstić information content (AvgIpc) is 2.77. The SMILES string of the molecule is Clc1c(Br)cccc1CNCc1ccco1. The molecular weight excluding hydrogens is 289 g/mol. The second-order valence-corrected chi connectivity index (χ2v) is 4.63. The molecule has 4 heteroatoms. The molecule has 1 aromatic carbocycles. The highest BCUT2D eigenvalue weighted by atomic mass is 79.9. The number of hydrogen-bond donors (Lipinski definition) is 1. The molecular formula is C12H11BrClNO. The zero-order valence-corrected chi connectivity index (χ0v) is 10.9. The molecule has 84 valence electrons. The fourth-order valence-electron chi connectivity index (χ4n) is 1.42. The number of furan rings is 1. The van der Waals surface area contributed by atoms with Crippen molar-refractivity contribution in [1.82, 2.24) is 5.32 Å². The van der Waals surface area contributed by atoms with Crippen molar-refractivity contribution < 1.29 is 4.42 Å². The summed E-state index contributed by atoms with van der Waals surface area (Å²) in [4.78, 5) is 0. The Morgan fingerprint density at radius 3 is 2.81 bits per heavy atom. The number of halogens is 2. The van der Waals surface area contributed by atoms with E-state index in [1.165, 1.54) is 0 Å². The van der Waals surface area contributed by atoms with Crippen molar-refractivity contribution in [3.63, 3.8) is 0 Å². The van der Waals surface area contributed by atoms with Gasteiger partial charge in [-0.3, -0.25) is 0 Å². The molecule has 0 aliphatic rings. The summed E-state index contributed by atoms with van der Waals surface area (Å²) in [5, 5.41) is 4.03. The minimum atomic E-state index is 0.704. The van der Waals surface area contributed by atoms with Crippen LogP contribution in [-0.2, 0) is 13.1 Å². The fraction of sp³-hybridized carbons (Fsp3) is 0.167. The van der Waals surface area contributed by atoms with E-state index in [2.05, 4.69) is 21.2 Å². The first kappa shape index (κ1) is 11.7. The van der Waals surface area contributed by atoms with Gasteiger partial charge in [-0.1, -0.05) is 23.7 Å². The van der Waals surface area contributed by atoms with Gasteiger partial charge in [-0.2, -0.15) is 0 Å². The fourth-order valence-corrected chi connectivity index (χ4v) is 2.02. The Balaban J connectivity index is 1.92. The maximum atomic E-state index is 6.14.